The Kier molecular flexibility index (Phi) is 5.43. The number of rotatable bonds is 6. The van der Waals surface area contributed by atoms with Crippen molar-refractivity contribution in [1.29, 1.82) is 0 Å². The number of hydrogen-bond acceptors (Lipinski definition) is 5. The Balaban J connectivity index is 1.79. The first kappa shape index (κ1) is 20.5. The van der Waals surface area contributed by atoms with Gasteiger partial charge in [0.15, 0.2) is 9.84 Å². The minimum absolute atomic E-state index is 0.141. The molecule has 2 aromatic rings. The lowest BCUT2D eigenvalue weighted by Gasteiger charge is -2.25. The Morgan fingerprint density at radius 3 is 2.24 bits per heavy atom. The van der Waals surface area contributed by atoms with E-state index in [4.69, 9.17) is 0 Å². The molecule has 0 bridgehead atoms. The summed E-state index contributed by atoms with van der Waals surface area (Å²) in [7, 11) is -3.19. The Morgan fingerprint density at radius 2 is 1.69 bits per heavy atom. The number of hydrogen-bond donors (Lipinski definition) is 2. The molecule has 1 saturated heterocycles. The van der Waals surface area contributed by atoms with E-state index < -0.39 is 33.2 Å². The van der Waals surface area contributed by atoms with Crippen LogP contribution in [0.5, 0.6) is 0 Å². The van der Waals surface area contributed by atoms with Crippen LogP contribution in [0, 0.1) is 0 Å². The summed E-state index contributed by atoms with van der Waals surface area (Å²) in [6, 6.07) is 14.0. The maximum absolute atomic E-state index is 13.0. The second-order valence-electron chi connectivity index (χ2n) is 6.90. The number of benzene rings is 2. The van der Waals surface area contributed by atoms with Crippen LogP contribution in [0.1, 0.15) is 34.8 Å². The third kappa shape index (κ3) is 4.14. The van der Waals surface area contributed by atoms with Gasteiger partial charge in [-0.3, -0.25) is 15.0 Å². The van der Waals surface area contributed by atoms with Crippen molar-refractivity contribution >= 4 is 27.7 Å². The van der Waals surface area contributed by atoms with Crippen LogP contribution in [-0.2, 0) is 25.9 Å². The molecule has 1 heterocycles. The third-order valence-corrected chi connectivity index (χ3v) is 5.60. The van der Waals surface area contributed by atoms with Crippen LogP contribution in [0.4, 0.5) is 4.79 Å². The predicted octanol–water partition coefficient (Wildman–Crippen LogP) is 1.73. The largest absolute Gasteiger partial charge is 0.344 e. The van der Waals surface area contributed by atoms with Gasteiger partial charge in [-0.15, -0.1) is 0 Å². The van der Waals surface area contributed by atoms with Crippen LogP contribution in [0.3, 0.4) is 0 Å². The number of nitrogens with one attached hydrogen (secondary N) is 2. The van der Waals surface area contributed by atoms with E-state index >= 15 is 0 Å². The van der Waals surface area contributed by atoms with Crippen LogP contribution >= 0.6 is 0 Å². The van der Waals surface area contributed by atoms with Crippen molar-refractivity contribution in [3.8, 4) is 0 Å². The number of sulfone groups is 1. The van der Waals surface area contributed by atoms with Crippen molar-refractivity contribution < 1.29 is 22.8 Å². The summed E-state index contributed by atoms with van der Waals surface area (Å²) in [5, 5.41) is 3.36. The van der Waals surface area contributed by atoms with E-state index in [0.717, 1.165) is 6.26 Å². The summed E-state index contributed by atoms with van der Waals surface area (Å²) in [6.07, 6.45) is 1.44. The highest BCUT2D eigenvalue weighted by Gasteiger charge is 2.52. The van der Waals surface area contributed by atoms with Gasteiger partial charge in [-0.2, -0.15) is 5.01 Å². The first-order valence-corrected chi connectivity index (χ1v) is 11.0. The molecule has 0 aromatic heterocycles. The van der Waals surface area contributed by atoms with Crippen molar-refractivity contribution in [1.82, 2.24) is 15.8 Å². The molecule has 2 aromatic carbocycles. The summed E-state index contributed by atoms with van der Waals surface area (Å²) in [5.74, 6) is -1.37. The fourth-order valence-corrected chi connectivity index (χ4v) is 4.06. The van der Waals surface area contributed by atoms with Crippen molar-refractivity contribution in [2.45, 2.75) is 24.6 Å². The first-order chi connectivity index (χ1) is 13.7. The van der Waals surface area contributed by atoms with Crippen molar-refractivity contribution in [3.63, 3.8) is 0 Å². The van der Waals surface area contributed by atoms with Gasteiger partial charge in [-0.05, 0) is 29.7 Å². The summed E-state index contributed by atoms with van der Waals surface area (Å²) < 4.78 is 22.7. The Labute approximate surface area is 168 Å². The van der Waals surface area contributed by atoms with Gasteiger partial charge >= 0.3 is 6.03 Å². The molecule has 9 heteroatoms. The molecule has 29 heavy (non-hydrogen) atoms. The molecule has 0 spiro atoms. The molecule has 0 saturated carbocycles. The lowest BCUT2D eigenvalue weighted by atomic mass is 9.87. The molecule has 0 radical (unpaired) electrons. The summed E-state index contributed by atoms with van der Waals surface area (Å²) >= 11 is 0. The summed E-state index contributed by atoms with van der Waals surface area (Å²) in [6.45, 7) is 1.77. The van der Waals surface area contributed by atoms with Crippen molar-refractivity contribution in [2.75, 3.05) is 6.26 Å². The molecule has 1 aliphatic rings. The molecule has 2 N–H and O–H groups in total. The highest BCUT2D eigenvalue weighted by atomic mass is 32.2. The van der Waals surface area contributed by atoms with Crippen LogP contribution in [0.15, 0.2) is 54.6 Å². The Morgan fingerprint density at radius 1 is 1.07 bits per heavy atom. The smallest absolute Gasteiger partial charge is 0.318 e. The predicted molar refractivity (Wildman–Crippen MR) is 106 cm³/mol. The minimum atomic E-state index is -3.19. The number of nitrogens with zero attached hydrogens (tertiary/aromatic N) is 1. The van der Waals surface area contributed by atoms with Gasteiger partial charge in [0.2, 0.25) is 0 Å². The maximum atomic E-state index is 13.0. The highest BCUT2D eigenvalue weighted by Crippen LogP contribution is 2.31. The third-order valence-electron chi connectivity index (χ3n) is 4.75. The van der Waals surface area contributed by atoms with Gasteiger partial charge in [0.05, 0.1) is 5.75 Å². The molecular formula is C20H21N3O5S. The molecule has 0 unspecified atom stereocenters. The van der Waals surface area contributed by atoms with Crippen LogP contribution in [-0.4, -0.2) is 37.5 Å². The topological polar surface area (TPSA) is 113 Å². The van der Waals surface area contributed by atoms with E-state index in [2.05, 4.69) is 10.7 Å². The molecule has 1 aliphatic heterocycles. The lowest BCUT2D eigenvalue weighted by molar-refractivity contribution is -0.133. The van der Waals surface area contributed by atoms with Crippen LogP contribution in [0.25, 0.3) is 0 Å². The zero-order chi connectivity index (χ0) is 21.2. The number of carbonyl (C=O) groups is 3. The highest BCUT2D eigenvalue weighted by molar-refractivity contribution is 7.89. The molecule has 3 rings (SSSR count). The normalized spacial score (nSPS) is 19.2. The van der Waals surface area contributed by atoms with Gasteiger partial charge < -0.3 is 5.32 Å². The quantitative estimate of drug-likeness (QED) is 0.698. The number of amides is 4. The van der Waals surface area contributed by atoms with E-state index in [1.54, 1.807) is 37.3 Å². The number of imide groups is 1. The number of hydrazine groups is 1. The van der Waals surface area contributed by atoms with E-state index in [1.165, 1.54) is 24.3 Å². The van der Waals surface area contributed by atoms with Crippen LogP contribution < -0.4 is 10.7 Å². The minimum Gasteiger partial charge on any atom is -0.318 e. The molecule has 1 atom stereocenters. The average molecular weight is 415 g/mol. The van der Waals surface area contributed by atoms with Crippen molar-refractivity contribution in [3.05, 3.63) is 71.3 Å². The Hall–Kier alpha value is -3.20. The SMILES string of the molecule is CC[C@@]1(c2ccccc2)NC(=O)N(NC(=O)c2ccc(CS(C)(=O)=O)cc2)C1=O. The van der Waals surface area contributed by atoms with E-state index in [-0.39, 0.29) is 11.3 Å². The first-order valence-electron chi connectivity index (χ1n) is 8.96. The standard InChI is InChI=1S/C20H21N3O5S/c1-3-20(16-7-5-4-6-8-16)18(25)23(19(26)21-20)22-17(24)15-11-9-14(10-12-15)13-29(2,27)28/h4-12H,3,13H2,1-2H3,(H,21,26)(H,22,24)/t20-/m0/s1. The number of carbonyl (C=O) groups excluding carboxylic acids is 3. The zero-order valence-corrected chi connectivity index (χ0v) is 16.8. The number of urea groups is 1. The molecule has 0 aliphatic carbocycles. The van der Waals surface area contributed by atoms with Gasteiger partial charge in [-0.25, -0.2) is 13.2 Å². The summed E-state index contributed by atoms with van der Waals surface area (Å²) in [5.41, 5.74) is 2.44. The summed E-state index contributed by atoms with van der Waals surface area (Å²) in [4.78, 5) is 38.0. The van der Waals surface area contributed by atoms with Gasteiger partial charge in [0.25, 0.3) is 11.8 Å². The molecular weight excluding hydrogens is 394 g/mol. The van der Waals surface area contributed by atoms with Gasteiger partial charge in [-0.1, -0.05) is 49.4 Å². The lowest BCUT2D eigenvalue weighted by Crippen LogP contribution is -2.48. The van der Waals surface area contributed by atoms with Gasteiger partial charge in [0.1, 0.15) is 5.54 Å². The molecule has 1 fully saturated rings. The second kappa shape index (κ2) is 7.67. The van der Waals surface area contributed by atoms with Crippen molar-refractivity contribution in [2.24, 2.45) is 0 Å². The second-order valence-corrected chi connectivity index (χ2v) is 9.04. The van der Waals surface area contributed by atoms with Gasteiger partial charge in [0, 0.05) is 11.8 Å². The maximum Gasteiger partial charge on any atom is 0.344 e. The fourth-order valence-electron chi connectivity index (χ4n) is 3.26. The molecule has 152 valence electrons. The molecule has 8 nitrogen and oxygen atoms in total. The zero-order valence-electron chi connectivity index (χ0n) is 16.0. The van der Waals surface area contributed by atoms with Crippen LogP contribution in [0.2, 0.25) is 0 Å². The monoisotopic (exact) mass is 415 g/mol. The molecule has 4 amide bonds. The average Bonchev–Trinajstić information content (AvgIpc) is 2.93. The van der Waals surface area contributed by atoms with E-state index in [0.29, 0.717) is 22.6 Å². The Bertz CT molecular complexity index is 1050. The fraction of sp³-hybridized carbons (Fsp3) is 0.250. The van der Waals surface area contributed by atoms with E-state index in [9.17, 15) is 22.8 Å². The van der Waals surface area contributed by atoms with E-state index in [1.807, 2.05) is 0 Å².